The Balaban J connectivity index is 1.96. The molecule has 0 bridgehead atoms. The van der Waals surface area contributed by atoms with Crippen LogP contribution in [0.5, 0.6) is 11.5 Å². The van der Waals surface area contributed by atoms with Gasteiger partial charge in [0.25, 0.3) is 11.7 Å². The fourth-order valence-electron chi connectivity index (χ4n) is 3.74. The first-order valence-electron chi connectivity index (χ1n) is 9.71. The predicted molar refractivity (Wildman–Crippen MR) is 119 cm³/mol. The maximum Gasteiger partial charge on any atom is 0.300 e. The Hall–Kier alpha value is -3.71. The molecule has 7 nitrogen and oxygen atoms in total. The minimum Gasteiger partial charge on any atom is -0.507 e. The van der Waals surface area contributed by atoms with E-state index in [1.807, 2.05) is 0 Å². The number of nitrogens with zero attached hydrogens (tertiary/aromatic N) is 1. The van der Waals surface area contributed by atoms with Gasteiger partial charge in [0.05, 0.1) is 30.5 Å². The number of aryl methyl sites for hydroxylation is 1. The molecule has 1 N–H and O–H groups in total. The molecule has 1 aliphatic heterocycles. The summed E-state index contributed by atoms with van der Waals surface area (Å²) >= 11 is 6.10. The number of anilines is 1. The second-order valence-corrected chi connectivity index (χ2v) is 7.55. The molecule has 1 amide bonds. The first-order chi connectivity index (χ1) is 15.4. The van der Waals surface area contributed by atoms with Gasteiger partial charge in [-0.3, -0.25) is 14.5 Å². The molecular formula is C24H20ClNO6. The molecule has 1 saturated heterocycles. The van der Waals surface area contributed by atoms with E-state index in [1.54, 1.807) is 49.4 Å². The van der Waals surface area contributed by atoms with Crippen LogP contribution in [-0.2, 0) is 9.59 Å². The van der Waals surface area contributed by atoms with E-state index < -0.39 is 17.7 Å². The van der Waals surface area contributed by atoms with Crippen molar-refractivity contribution in [3.8, 4) is 11.5 Å². The van der Waals surface area contributed by atoms with Gasteiger partial charge in [0.15, 0.2) is 0 Å². The monoisotopic (exact) mass is 453 g/mol. The molecule has 1 fully saturated rings. The Kier molecular flexibility index (Phi) is 5.67. The number of ether oxygens (including phenoxy) is 2. The molecule has 164 valence electrons. The normalized spacial score (nSPS) is 17.6. The number of halogens is 1. The van der Waals surface area contributed by atoms with Crippen molar-refractivity contribution in [3.05, 3.63) is 82.3 Å². The van der Waals surface area contributed by atoms with E-state index in [9.17, 15) is 14.7 Å². The average Bonchev–Trinajstić information content (AvgIpc) is 3.34. The largest absolute Gasteiger partial charge is 0.507 e. The maximum atomic E-state index is 13.2. The topological polar surface area (TPSA) is 89.2 Å². The molecule has 32 heavy (non-hydrogen) atoms. The van der Waals surface area contributed by atoms with E-state index in [2.05, 4.69) is 0 Å². The van der Waals surface area contributed by atoms with Gasteiger partial charge < -0.3 is 19.0 Å². The first kappa shape index (κ1) is 21.5. The number of benzene rings is 2. The third kappa shape index (κ3) is 3.50. The lowest BCUT2D eigenvalue weighted by molar-refractivity contribution is -0.132. The van der Waals surface area contributed by atoms with Gasteiger partial charge in [-0.15, -0.1) is 0 Å². The van der Waals surface area contributed by atoms with Crippen LogP contribution in [0.15, 0.2) is 64.6 Å². The van der Waals surface area contributed by atoms with Gasteiger partial charge in [0.2, 0.25) is 0 Å². The fraction of sp³-hybridized carbons (Fsp3) is 0.167. The number of amides is 1. The number of hydrogen-bond donors (Lipinski definition) is 1. The fourth-order valence-corrected chi connectivity index (χ4v) is 3.94. The highest BCUT2D eigenvalue weighted by molar-refractivity contribution is 6.51. The number of para-hydroxylation sites is 2. The zero-order chi connectivity index (χ0) is 23.0. The molecular weight excluding hydrogens is 434 g/mol. The van der Waals surface area contributed by atoms with Crippen LogP contribution in [0.4, 0.5) is 5.69 Å². The van der Waals surface area contributed by atoms with Crippen LogP contribution in [0.1, 0.15) is 23.1 Å². The van der Waals surface area contributed by atoms with E-state index in [0.717, 1.165) is 0 Å². The molecule has 0 spiro atoms. The standard InChI is InChI=1S/C24H20ClNO6/c1-13-8-11-18(32-13)21-20(22(27)14-9-10-15(25)19(12-14)31-3)23(28)24(29)26(21)16-6-4-5-7-17(16)30-2/h4-12,21,27H,1-3H3/b22-20-. The second-order valence-electron chi connectivity index (χ2n) is 7.14. The third-order valence-corrected chi connectivity index (χ3v) is 5.56. The van der Waals surface area contributed by atoms with Gasteiger partial charge in [0, 0.05) is 5.56 Å². The molecule has 2 aromatic carbocycles. The molecule has 1 aromatic heterocycles. The van der Waals surface area contributed by atoms with Crippen molar-refractivity contribution in [2.24, 2.45) is 0 Å². The summed E-state index contributed by atoms with van der Waals surface area (Å²) in [5.41, 5.74) is 0.543. The highest BCUT2D eigenvalue weighted by atomic mass is 35.5. The highest BCUT2D eigenvalue weighted by Crippen LogP contribution is 2.45. The van der Waals surface area contributed by atoms with E-state index in [4.69, 9.17) is 25.5 Å². The molecule has 0 aliphatic carbocycles. The number of aliphatic hydroxyl groups is 1. The van der Waals surface area contributed by atoms with E-state index in [0.29, 0.717) is 33.7 Å². The van der Waals surface area contributed by atoms with Crippen LogP contribution in [0.25, 0.3) is 5.76 Å². The Morgan fingerprint density at radius 2 is 1.75 bits per heavy atom. The third-order valence-electron chi connectivity index (χ3n) is 5.24. The van der Waals surface area contributed by atoms with Crippen molar-refractivity contribution in [2.75, 3.05) is 19.1 Å². The van der Waals surface area contributed by atoms with Gasteiger partial charge in [-0.25, -0.2) is 0 Å². The van der Waals surface area contributed by atoms with Crippen molar-refractivity contribution in [1.29, 1.82) is 0 Å². The SMILES string of the molecule is COc1cc(/C(O)=C2/C(=O)C(=O)N(c3ccccc3OC)C2c2ccc(C)o2)ccc1Cl. The van der Waals surface area contributed by atoms with Crippen LogP contribution < -0.4 is 14.4 Å². The van der Waals surface area contributed by atoms with Crippen LogP contribution in [0, 0.1) is 6.92 Å². The summed E-state index contributed by atoms with van der Waals surface area (Å²) in [6, 6.07) is 13.8. The predicted octanol–water partition coefficient (Wildman–Crippen LogP) is 4.88. The quantitative estimate of drug-likeness (QED) is 0.336. The number of carbonyl (C=O) groups excluding carboxylic acids is 2. The smallest absolute Gasteiger partial charge is 0.300 e. The zero-order valence-corrected chi connectivity index (χ0v) is 18.3. The molecule has 4 rings (SSSR count). The minimum absolute atomic E-state index is 0.111. The molecule has 3 aromatic rings. The maximum absolute atomic E-state index is 13.2. The van der Waals surface area contributed by atoms with Crippen LogP contribution in [-0.4, -0.2) is 31.0 Å². The number of rotatable bonds is 5. The van der Waals surface area contributed by atoms with E-state index >= 15 is 0 Å². The lowest BCUT2D eigenvalue weighted by Gasteiger charge is -2.25. The van der Waals surface area contributed by atoms with Gasteiger partial charge >= 0.3 is 0 Å². The van der Waals surface area contributed by atoms with Crippen molar-refractivity contribution >= 4 is 34.7 Å². The van der Waals surface area contributed by atoms with Gasteiger partial charge in [0.1, 0.15) is 34.8 Å². The number of aliphatic hydroxyl groups excluding tert-OH is 1. The van der Waals surface area contributed by atoms with Crippen molar-refractivity contribution < 1.29 is 28.6 Å². The molecule has 2 heterocycles. The molecule has 1 aliphatic rings. The summed E-state index contributed by atoms with van der Waals surface area (Å²) in [6.45, 7) is 1.75. The number of furan rings is 1. The van der Waals surface area contributed by atoms with Gasteiger partial charge in [-0.1, -0.05) is 23.7 Å². The molecule has 8 heteroatoms. The molecule has 0 radical (unpaired) electrons. The van der Waals surface area contributed by atoms with Gasteiger partial charge in [-0.05, 0) is 49.4 Å². The van der Waals surface area contributed by atoms with Gasteiger partial charge in [-0.2, -0.15) is 0 Å². The Morgan fingerprint density at radius 3 is 2.41 bits per heavy atom. The second kappa shape index (κ2) is 8.43. The minimum atomic E-state index is -0.998. The summed E-state index contributed by atoms with van der Waals surface area (Å²) in [5, 5.41) is 11.5. The van der Waals surface area contributed by atoms with Crippen molar-refractivity contribution in [1.82, 2.24) is 0 Å². The van der Waals surface area contributed by atoms with Crippen molar-refractivity contribution in [2.45, 2.75) is 13.0 Å². The number of methoxy groups -OCH3 is 2. The Bertz CT molecular complexity index is 1240. The zero-order valence-electron chi connectivity index (χ0n) is 17.6. The molecule has 1 unspecified atom stereocenters. The summed E-state index contributed by atoms with van der Waals surface area (Å²) in [6.07, 6.45) is 0. The Morgan fingerprint density at radius 1 is 1.03 bits per heavy atom. The summed E-state index contributed by atoms with van der Waals surface area (Å²) in [5.74, 6) is -0.378. The van der Waals surface area contributed by atoms with E-state index in [1.165, 1.54) is 31.3 Å². The number of hydrogen-bond acceptors (Lipinski definition) is 6. The Labute approximate surface area is 189 Å². The summed E-state index contributed by atoms with van der Waals surface area (Å²) in [7, 11) is 2.92. The lowest BCUT2D eigenvalue weighted by Crippen LogP contribution is -2.29. The number of ketones is 1. The van der Waals surface area contributed by atoms with Crippen LogP contribution in [0.2, 0.25) is 5.02 Å². The molecule has 0 saturated carbocycles. The van der Waals surface area contributed by atoms with Crippen molar-refractivity contribution in [3.63, 3.8) is 0 Å². The lowest BCUT2D eigenvalue weighted by atomic mass is 9.99. The summed E-state index contributed by atoms with van der Waals surface area (Å²) < 4.78 is 16.4. The average molecular weight is 454 g/mol. The molecule has 1 atom stereocenters. The first-order valence-corrected chi connectivity index (χ1v) is 10.1. The highest BCUT2D eigenvalue weighted by Gasteiger charge is 2.49. The van der Waals surface area contributed by atoms with Crippen LogP contribution in [0.3, 0.4) is 0 Å². The summed E-state index contributed by atoms with van der Waals surface area (Å²) in [4.78, 5) is 27.6. The number of Topliss-reactive ketones (excluding diaryl/α,β-unsaturated/α-hetero) is 1. The number of carbonyl (C=O) groups is 2. The van der Waals surface area contributed by atoms with E-state index in [-0.39, 0.29) is 16.9 Å². The van der Waals surface area contributed by atoms with Crippen LogP contribution >= 0.6 is 11.6 Å².